The number of ether oxygens (including phenoxy) is 2. The van der Waals surface area contributed by atoms with Crippen molar-refractivity contribution in [2.24, 2.45) is 0 Å². The number of alkyl carbamates (subject to hydrolysis) is 1. The van der Waals surface area contributed by atoms with E-state index in [-0.39, 0.29) is 18.4 Å². The van der Waals surface area contributed by atoms with Gasteiger partial charge in [0.1, 0.15) is 16.4 Å². The van der Waals surface area contributed by atoms with Crippen LogP contribution in [0.3, 0.4) is 0 Å². The molecule has 2 aliphatic rings. The molecule has 10 heteroatoms. The second-order valence-electron chi connectivity index (χ2n) is 10.3. The van der Waals surface area contributed by atoms with Gasteiger partial charge < -0.3 is 25.0 Å². The molecule has 0 aromatic carbocycles. The Bertz CT molecular complexity index is 1080. The number of pyridine rings is 2. The van der Waals surface area contributed by atoms with Crippen molar-refractivity contribution in [1.29, 1.82) is 5.41 Å². The van der Waals surface area contributed by atoms with E-state index in [2.05, 4.69) is 41.4 Å². The minimum Gasteiger partial charge on any atom is -0.444 e. The van der Waals surface area contributed by atoms with Crippen LogP contribution < -0.4 is 15.5 Å². The van der Waals surface area contributed by atoms with Crippen LogP contribution in [0, 0.1) is 5.41 Å². The average Bonchev–Trinajstić information content (AvgIpc) is 2.85. The Balaban J connectivity index is 1.42. The fourth-order valence-electron chi connectivity index (χ4n) is 4.43. The number of aromatic nitrogens is 2. The van der Waals surface area contributed by atoms with Crippen LogP contribution >= 0.6 is 15.9 Å². The van der Waals surface area contributed by atoms with Crippen LogP contribution in [0.2, 0.25) is 0 Å². The first-order valence-corrected chi connectivity index (χ1v) is 13.3. The summed E-state index contributed by atoms with van der Waals surface area (Å²) in [6, 6.07) is 3.94. The molecule has 4 rings (SSSR count). The predicted molar refractivity (Wildman–Crippen MR) is 144 cm³/mol. The van der Waals surface area contributed by atoms with Crippen molar-refractivity contribution >= 4 is 39.1 Å². The smallest absolute Gasteiger partial charge is 0.407 e. The molecule has 1 unspecified atom stereocenters. The van der Waals surface area contributed by atoms with Gasteiger partial charge in [-0.1, -0.05) is 0 Å². The number of piperidine rings is 1. The lowest BCUT2D eigenvalue weighted by Gasteiger charge is -2.34. The first kappa shape index (κ1) is 26.3. The minimum atomic E-state index is -0.509. The maximum Gasteiger partial charge on any atom is 0.407 e. The van der Waals surface area contributed by atoms with Crippen molar-refractivity contribution < 1.29 is 14.3 Å². The van der Waals surface area contributed by atoms with Gasteiger partial charge in [0.15, 0.2) is 0 Å². The molecule has 2 saturated heterocycles. The van der Waals surface area contributed by atoms with Gasteiger partial charge >= 0.3 is 6.09 Å². The van der Waals surface area contributed by atoms with E-state index in [0.717, 1.165) is 74.3 Å². The molecule has 2 aromatic heterocycles. The Hall–Kier alpha value is -2.72. The molecule has 2 aliphatic heterocycles. The molecule has 0 radical (unpaired) electrons. The summed E-state index contributed by atoms with van der Waals surface area (Å²) in [5.41, 5.74) is 3.07. The molecular formula is C26H35BrN6O3. The minimum absolute atomic E-state index is 0.0756. The normalized spacial score (nSPS) is 19.0. The van der Waals surface area contributed by atoms with E-state index in [1.165, 1.54) is 0 Å². The molecule has 0 aliphatic carbocycles. The first-order valence-electron chi connectivity index (χ1n) is 12.5. The molecule has 4 heterocycles. The summed E-state index contributed by atoms with van der Waals surface area (Å²) < 4.78 is 11.9. The van der Waals surface area contributed by atoms with Gasteiger partial charge in [0.05, 0.1) is 29.5 Å². The molecule has 194 valence electrons. The van der Waals surface area contributed by atoms with Crippen LogP contribution in [0.15, 0.2) is 35.3 Å². The highest BCUT2D eigenvalue weighted by atomic mass is 79.9. The van der Waals surface area contributed by atoms with Crippen LogP contribution in [0.25, 0.3) is 0 Å². The summed E-state index contributed by atoms with van der Waals surface area (Å²) in [5, 5.41) is 15.4. The zero-order chi connectivity index (χ0) is 25.7. The van der Waals surface area contributed by atoms with Crippen molar-refractivity contribution in [1.82, 2.24) is 15.3 Å². The molecule has 36 heavy (non-hydrogen) atoms. The summed E-state index contributed by atoms with van der Waals surface area (Å²) in [7, 11) is 0. The number of carbonyl (C=O) groups is 1. The lowest BCUT2D eigenvalue weighted by molar-refractivity contribution is 0.0343. The molecular weight excluding hydrogens is 524 g/mol. The van der Waals surface area contributed by atoms with Crippen molar-refractivity contribution in [2.45, 2.75) is 70.7 Å². The molecule has 0 spiro atoms. The Morgan fingerprint density at radius 2 is 1.94 bits per heavy atom. The van der Waals surface area contributed by atoms with Gasteiger partial charge in [-0.3, -0.25) is 10.4 Å². The summed E-state index contributed by atoms with van der Waals surface area (Å²) in [5.74, 6) is 0. The Morgan fingerprint density at radius 3 is 2.64 bits per heavy atom. The van der Waals surface area contributed by atoms with Crippen LogP contribution in [-0.2, 0) is 9.47 Å². The number of nitrogens with one attached hydrogen (secondary N) is 3. The van der Waals surface area contributed by atoms with E-state index < -0.39 is 5.60 Å². The number of halogens is 1. The van der Waals surface area contributed by atoms with Crippen LogP contribution in [0.1, 0.15) is 64.0 Å². The van der Waals surface area contributed by atoms with E-state index in [9.17, 15) is 4.79 Å². The predicted octanol–water partition coefficient (Wildman–Crippen LogP) is 5.09. The van der Waals surface area contributed by atoms with Gasteiger partial charge in [0.25, 0.3) is 0 Å². The summed E-state index contributed by atoms with van der Waals surface area (Å²) in [6.45, 7) is 7.89. The first-order chi connectivity index (χ1) is 17.2. The van der Waals surface area contributed by atoms with E-state index in [0.29, 0.717) is 10.3 Å². The third kappa shape index (κ3) is 7.16. The number of rotatable bonds is 6. The van der Waals surface area contributed by atoms with E-state index in [1.807, 2.05) is 39.1 Å². The van der Waals surface area contributed by atoms with Crippen molar-refractivity contribution in [2.75, 3.05) is 29.9 Å². The quantitative estimate of drug-likeness (QED) is 0.334. The second-order valence-corrected chi connectivity index (χ2v) is 11.1. The molecule has 9 nitrogen and oxygen atoms in total. The zero-order valence-corrected chi connectivity index (χ0v) is 22.7. The number of hydrogen-bond acceptors (Lipinski definition) is 8. The fourth-order valence-corrected chi connectivity index (χ4v) is 4.76. The van der Waals surface area contributed by atoms with Gasteiger partial charge in [-0.25, -0.2) is 9.78 Å². The molecule has 2 fully saturated rings. The molecule has 1 atom stereocenters. The summed E-state index contributed by atoms with van der Waals surface area (Å²) in [4.78, 5) is 23.1. The molecule has 1 amide bonds. The van der Waals surface area contributed by atoms with Gasteiger partial charge in [-0.05, 0) is 80.9 Å². The highest BCUT2D eigenvalue weighted by Gasteiger charge is 2.24. The number of anilines is 2. The number of nitrogens with zero attached hydrogens (tertiary/aromatic N) is 3. The zero-order valence-electron chi connectivity index (χ0n) is 21.1. The van der Waals surface area contributed by atoms with Gasteiger partial charge in [-0.15, -0.1) is 0 Å². The molecule has 0 bridgehead atoms. The van der Waals surface area contributed by atoms with Crippen molar-refractivity contribution in [3.63, 3.8) is 0 Å². The highest BCUT2D eigenvalue weighted by molar-refractivity contribution is 9.10. The summed E-state index contributed by atoms with van der Waals surface area (Å²) in [6.07, 6.45) is 9.59. The lowest BCUT2D eigenvalue weighted by atomic mass is 10.0. The Morgan fingerprint density at radius 1 is 1.17 bits per heavy atom. The third-order valence-corrected chi connectivity index (χ3v) is 6.66. The number of hydrogen-bond donors (Lipinski definition) is 3. The largest absolute Gasteiger partial charge is 0.444 e. The maximum absolute atomic E-state index is 12.1. The average molecular weight is 560 g/mol. The third-order valence-electron chi connectivity index (χ3n) is 6.23. The van der Waals surface area contributed by atoms with E-state index >= 15 is 0 Å². The molecule has 3 N–H and O–H groups in total. The van der Waals surface area contributed by atoms with Gasteiger partial charge in [0, 0.05) is 43.1 Å². The van der Waals surface area contributed by atoms with Crippen LogP contribution in [0.5, 0.6) is 0 Å². The maximum atomic E-state index is 12.1. The van der Waals surface area contributed by atoms with Gasteiger partial charge in [-0.2, -0.15) is 0 Å². The monoisotopic (exact) mass is 558 g/mol. The Kier molecular flexibility index (Phi) is 8.46. The Labute approximate surface area is 221 Å². The molecule has 0 saturated carbocycles. The number of amides is 1. The number of carbonyl (C=O) groups excluding carboxylic acids is 1. The van der Waals surface area contributed by atoms with Gasteiger partial charge in [0.2, 0.25) is 0 Å². The van der Waals surface area contributed by atoms with E-state index in [4.69, 9.17) is 14.9 Å². The van der Waals surface area contributed by atoms with E-state index in [1.54, 1.807) is 12.4 Å². The van der Waals surface area contributed by atoms with Crippen LogP contribution in [-0.4, -0.2) is 59.3 Å². The standard InChI is InChI=1S/C26H35BrN6O3/c1-26(2,3)36-25(34)31-18-7-9-33(10-8-18)19-12-17(14-29-15-19)24(28)20-13-22(27)30-16-21(20)32-23-6-4-5-11-35-23/h12-16,18,23,28,32H,4-11H2,1-3H3,(H,31,34). The van der Waals surface area contributed by atoms with Crippen molar-refractivity contribution in [3.8, 4) is 0 Å². The molecule has 2 aromatic rings. The fraction of sp³-hybridized carbons (Fsp3) is 0.538. The van der Waals surface area contributed by atoms with Crippen molar-refractivity contribution in [3.05, 3.63) is 46.5 Å². The highest BCUT2D eigenvalue weighted by Crippen LogP contribution is 2.27. The SMILES string of the molecule is CC(C)(C)OC(=O)NC1CCN(c2cncc(C(=N)c3cc(Br)ncc3NC3CCCCO3)c2)CC1. The second kappa shape index (κ2) is 11.6. The van der Waals surface area contributed by atoms with Crippen LogP contribution in [0.4, 0.5) is 16.2 Å². The topological polar surface area (TPSA) is 112 Å². The summed E-state index contributed by atoms with van der Waals surface area (Å²) >= 11 is 3.45. The lowest BCUT2D eigenvalue weighted by Crippen LogP contribution is -2.46.